The van der Waals surface area contributed by atoms with E-state index in [4.69, 9.17) is 26.7 Å². The number of nitrogens with zero attached hydrogens (tertiary/aromatic N) is 4. The van der Waals surface area contributed by atoms with Crippen molar-refractivity contribution < 1.29 is 19.1 Å². The average molecular weight is 536 g/mol. The molecule has 2 aliphatic rings. The monoisotopic (exact) mass is 535 g/mol. The van der Waals surface area contributed by atoms with Crippen molar-refractivity contribution in [1.29, 1.82) is 0 Å². The summed E-state index contributed by atoms with van der Waals surface area (Å²) in [6, 6.07) is 14.2. The second kappa shape index (κ2) is 9.92. The van der Waals surface area contributed by atoms with Crippen LogP contribution in [0.2, 0.25) is 0 Å². The molecule has 1 N–H and O–H groups in total. The zero-order chi connectivity index (χ0) is 26.3. The number of nitrogens with one attached hydrogen (secondary N) is 1. The Morgan fingerprint density at radius 1 is 0.946 bits per heavy atom. The Kier molecular flexibility index (Phi) is 6.67. The largest absolute Gasteiger partial charge is 0.495 e. The van der Waals surface area contributed by atoms with Gasteiger partial charge < -0.3 is 9.47 Å². The van der Waals surface area contributed by atoms with E-state index in [1.54, 1.807) is 53.9 Å². The summed E-state index contributed by atoms with van der Waals surface area (Å²) in [7, 11) is 3.03. The lowest BCUT2D eigenvalue weighted by molar-refractivity contribution is -0.128. The van der Waals surface area contributed by atoms with E-state index in [1.807, 2.05) is 18.9 Å². The Bertz CT molecular complexity index is 1350. The second-order valence-corrected chi connectivity index (χ2v) is 9.72. The van der Waals surface area contributed by atoms with Crippen LogP contribution < -0.4 is 29.7 Å². The lowest BCUT2D eigenvalue weighted by atomic mass is 9.99. The van der Waals surface area contributed by atoms with Gasteiger partial charge in [-0.25, -0.2) is 10.4 Å². The third-order valence-electron chi connectivity index (χ3n) is 6.14. The van der Waals surface area contributed by atoms with Crippen LogP contribution in [0.1, 0.15) is 25.5 Å². The van der Waals surface area contributed by atoms with Crippen LogP contribution >= 0.6 is 23.6 Å². The van der Waals surface area contributed by atoms with Crippen molar-refractivity contribution in [1.82, 2.24) is 10.4 Å². The maximum atomic E-state index is 14.0. The van der Waals surface area contributed by atoms with E-state index in [-0.39, 0.29) is 11.2 Å². The molecule has 0 aliphatic carbocycles. The molecular weight excluding hydrogens is 510 g/mol. The zero-order valence-corrected chi connectivity index (χ0v) is 22.3. The summed E-state index contributed by atoms with van der Waals surface area (Å²) in [6.45, 7) is 4.00. The number of amides is 2. The molecule has 1 atom stereocenters. The number of carbonyl (C=O) groups is 2. The van der Waals surface area contributed by atoms with Gasteiger partial charge in [0, 0.05) is 17.1 Å². The van der Waals surface area contributed by atoms with E-state index in [1.165, 1.54) is 35.4 Å². The predicted octanol–water partition coefficient (Wildman–Crippen LogP) is 4.23. The van der Waals surface area contributed by atoms with Gasteiger partial charge in [0.25, 0.3) is 11.8 Å². The molecule has 0 bridgehead atoms. The molecule has 1 unspecified atom stereocenters. The zero-order valence-electron chi connectivity index (χ0n) is 20.7. The first kappa shape index (κ1) is 24.9. The molecule has 5 rings (SSSR count). The van der Waals surface area contributed by atoms with Crippen LogP contribution in [0.15, 0.2) is 65.7 Å². The van der Waals surface area contributed by atoms with Crippen molar-refractivity contribution >= 4 is 57.0 Å². The van der Waals surface area contributed by atoms with Crippen LogP contribution in [0.4, 0.5) is 16.5 Å². The predicted molar refractivity (Wildman–Crippen MR) is 147 cm³/mol. The Labute approximate surface area is 223 Å². The highest BCUT2D eigenvalue weighted by Gasteiger charge is 2.48. The van der Waals surface area contributed by atoms with Crippen molar-refractivity contribution in [3.05, 3.63) is 71.4 Å². The molecule has 0 saturated carbocycles. The first-order valence-electron chi connectivity index (χ1n) is 11.5. The summed E-state index contributed by atoms with van der Waals surface area (Å²) < 4.78 is 11.1. The van der Waals surface area contributed by atoms with Crippen LogP contribution in [0, 0.1) is 0 Å². The van der Waals surface area contributed by atoms with Gasteiger partial charge in [-0.1, -0.05) is 24.3 Å². The van der Waals surface area contributed by atoms with Crippen molar-refractivity contribution in [2.75, 3.05) is 29.0 Å². The number of thiocarbonyl (C=S) groups is 1. The van der Waals surface area contributed by atoms with Gasteiger partial charge in [-0.15, -0.1) is 11.3 Å². The quantitative estimate of drug-likeness (QED) is 0.371. The normalized spacial score (nSPS) is 18.5. The fourth-order valence-corrected chi connectivity index (χ4v) is 5.73. The van der Waals surface area contributed by atoms with Gasteiger partial charge in [-0.2, -0.15) is 0 Å². The molecule has 2 aliphatic heterocycles. The van der Waals surface area contributed by atoms with E-state index in [2.05, 4.69) is 11.5 Å². The summed E-state index contributed by atoms with van der Waals surface area (Å²) in [5.41, 5.74) is 5.50. The van der Waals surface area contributed by atoms with Crippen molar-refractivity contribution in [2.45, 2.75) is 25.8 Å². The topological polar surface area (TPSA) is 87.2 Å². The molecule has 3 heterocycles. The maximum absolute atomic E-state index is 14.0. The molecule has 1 saturated heterocycles. The Balaban J connectivity index is 1.63. The molecule has 2 amide bonds. The van der Waals surface area contributed by atoms with Gasteiger partial charge in [0.15, 0.2) is 11.0 Å². The van der Waals surface area contributed by atoms with E-state index in [0.717, 1.165) is 5.70 Å². The van der Waals surface area contributed by atoms with Gasteiger partial charge in [-0.05, 0) is 56.4 Å². The average Bonchev–Trinajstić information content (AvgIpc) is 3.50. The number of benzene rings is 2. The number of hydrogen-bond acceptors (Lipinski definition) is 9. The molecule has 1 fully saturated rings. The number of ether oxygens (including phenoxy) is 2. The number of aromatic nitrogens is 1. The van der Waals surface area contributed by atoms with Crippen molar-refractivity contribution in [3.63, 3.8) is 0 Å². The molecule has 190 valence electrons. The van der Waals surface area contributed by atoms with Crippen LogP contribution in [0.3, 0.4) is 0 Å². The van der Waals surface area contributed by atoms with Gasteiger partial charge in [0.05, 0.1) is 31.3 Å². The molecule has 11 heteroatoms. The first-order valence-corrected chi connectivity index (χ1v) is 12.8. The number of rotatable bonds is 6. The lowest BCUT2D eigenvalue weighted by Crippen LogP contribution is -2.59. The lowest BCUT2D eigenvalue weighted by Gasteiger charge is -2.39. The van der Waals surface area contributed by atoms with Crippen LogP contribution in [-0.4, -0.2) is 42.2 Å². The number of hydrazine groups is 1. The van der Waals surface area contributed by atoms with Gasteiger partial charge in [0.1, 0.15) is 11.5 Å². The SMILES string of the molecule is COc1ccccc1N1C(=O)C(c2csc(N3NC(C)C=C3C)n2)C(=O)N(c2ccccc2OC)C1=S. The molecule has 2 aromatic carbocycles. The van der Waals surface area contributed by atoms with E-state index < -0.39 is 17.7 Å². The first-order chi connectivity index (χ1) is 17.8. The van der Waals surface area contributed by atoms with E-state index in [9.17, 15) is 9.59 Å². The number of hydrogen-bond donors (Lipinski definition) is 1. The molecule has 37 heavy (non-hydrogen) atoms. The van der Waals surface area contributed by atoms with Crippen LogP contribution in [0.5, 0.6) is 11.5 Å². The van der Waals surface area contributed by atoms with E-state index >= 15 is 0 Å². The Hall–Kier alpha value is -3.80. The highest BCUT2D eigenvalue weighted by Crippen LogP contribution is 2.40. The fraction of sp³-hybridized carbons (Fsp3) is 0.231. The number of thiazole rings is 1. The van der Waals surface area contributed by atoms with Gasteiger partial charge in [-0.3, -0.25) is 24.4 Å². The number of carbonyl (C=O) groups excluding carboxylic acids is 2. The van der Waals surface area contributed by atoms with Gasteiger partial charge in [0.2, 0.25) is 5.13 Å². The van der Waals surface area contributed by atoms with E-state index in [0.29, 0.717) is 33.7 Å². The van der Waals surface area contributed by atoms with Gasteiger partial charge >= 0.3 is 0 Å². The van der Waals surface area contributed by atoms with Crippen molar-refractivity contribution in [2.24, 2.45) is 0 Å². The number of anilines is 3. The number of allylic oxidation sites excluding steroid dienone is 1. The highest BCUT2D eigenvalue weighted by molar-refractivity contribution is 7.81. The second-order valence-electron chi connectivity index (χ2n) is 8.52. The summed E-state index contributed by atoms with van der Waals surface area (Å²) in [5.74, 6) is -1.34. The Morgan fingerprint density at radius 2 is 1.49 bits per heavy atom. The molecular formula is C26H25N5O4S2. The standard InChI is InChI=1S/C26H25N5O4S2/c1-15-13-16(2)31(28-15)25-27-17(14-37-25)22-23(32)29(18-9-5-7-11-20(18)34-3)26(36)30(24(22)33)19-10-6-8-12-21(19)35-4/h5-15,22,28H,1-4H3. The minimum Gasteiger partial charge on any atom is -0.495 e. The fourth-order valence-electron chi connectivity index (χ4n) is 4.47. The maximum Gasteiger partial charge on any atom is 0.252 e. The smallest absolute Gasteiger partial charge is 0.252 e. The molecule has 1 aromatic heterocycles. The molecule has 0 radical (unpaired) electrons. The third kappa shape index (κ3) is 4.24. The summed E-state index contributed by atoms with van der Waals surface area (Å²) in [5, 5.41) is 4.24. The number of methoxy groups -OCH3 is 2. The van der Waals surface area contributed by atoms with Crippen LogP contribution in [-0.2, 0) is 9.59 Å². The molecule has 3 aromatic rings. The minimum absolute atomic E-state index is 0.00418. The summed E-state index contributed by atoms with van der Waals surface area (Å²) in [4.78, 5) is 35.4. The van der Waals surface area contributed by atoms with Crippen molar-refractivity contribution in [3.8, 4) is 11.5 Å². The molecule has 9 nitrogen and oxygen atoms in total. The summed E-state index contributed by atoms with van der Waals surface area (Å²) >= 11 is 7.11. The Morgan fingerprint density at radius 3 is 1.97 bits per heavy atom. The third-order valence-corrected chi connectivity index (χ3v) is 7.35. The summed E-state index contributed by atoms with van der Waals surface area (Å²) in [6.07, 6.45) is 2.07. The number of para-hydroxylation sites is 4. The molecule has 0 spiro atoms. The minimum atomic E-state index is -1.23. The highest BCUT2D eigenvalue weighted by atomic mass is 32.1. The van der Waals surface area contributed by atoms with Crippen LogP contribution in [0.25, 0.3) is 0 Å².